The Bertz CT molecular complexity index is 3390. The van der Waals surface area contributed by atoms with Crippen molar-refractivity contribution in [2.75, 3.05) is 0 Å². The molecule has 1 aliphatic carbocycles. The van der Waals surface area contributed by atoms with Crippen molar-refractivity contribution >= 4 is 60.7 Å². The molecule has 1 atom stereocenters. The van der Waals surface area contributed by atoms with Gasteiger partial charge in [-0.1, -0.05) is 115 Å². The van der Waals surface area contributed by atoms with Gasteiger partial charge in [0, 0.05) is 49.4 Å². The number of para-hydroxylation sites is 4. The van der Waals surface area contributed by atoms with Crippen molar-refractivity contribution < 1.29 is 4.42 Å². The van der Waals surface area contributed by atoms with E-state index >= 15 is 0 Å². The molecule has 6 heteroatoms. The van der Waals surface area contributed by atoms with E-state index < -0.39 is 0 Å². The molecule has 0 saturated heterocycles. The second-order valence-electron chi connectivity index (χ2n) is 14.7. The summed E-state index contributed by atoms with van der Waals surface area (Å²) in [5, 5.41) is 5.77. The Morgan fingerprint density at radius 1 is 0.456 bits per heavy atom. The van der Waals surface area contributed by atoms with Crippen LogP contribution in [0.4, 0.5) is 0 Å². The lowest BCUT2D eigenvalue weighted by molar-refractivity contribution is 0.669. The van der Waals surface area contributed by atoms with E-state index in [4.69, 9.17) is 19.4 Å². The third-order valence-corrected chi connectivity index (χ3v) is 11.5. The number of nitrogens with zero attached hydrogens (tertiary/aromatic N) is 5. The van der Waals surface area contributed by atoms with Gasteiger partial charge >= 0.3 is 0 Å². The standard InChI is InChI=1S/C51H33N5O/c1-3-14-32(15-4-1)49-52-50(33-26-29-47-41(30-33)38-19-9-12-25-46(38)57-47)54-51(53-49)40-21-13-24-44-48(40)39-20-8-11-23-43(39)56(44)35-27-28-37-36-18-7-10-22-42(36)55(45(37)31-35)34-16-5-2-6-17-34/h1-20,22-31,40H,21H2. The van der Waals surface area contributed by atoms with Crippen LogP contribution in [0.2, 0.25) is 0 Å². The Morgan fingerprint density at radius 2 is 1.11 bits per heavy atom. The molecule has 4 aromatic heterocycles. The summed E-state index contributed by atoms with van der Waals surface area (Å²) in [6.07, 6.45) is 5.32. The minimum atomic E-state index is -0.0988. The van der Waals surface area contributed by atoms with Gasteiger partial charge in [-0.25, -0.2) is 15.0 Å². The smallest absolute Gasteiger partial charge is 0.163 e. The van der Waals surface area contributed by atoms with E-state index in [0.29, 0.717) is 11.6 Å². The van der Waals surface area contributed by atoms with Crippen LogP contribution in [0.15, 0.2) is 180 Å². The molecule has 0 fully saturated rings. The summed E-state index contributed by atoms with van der Waals surface area (Å²) in [7, 11) is 0. The topological polar surface area (TPSA) is 61.7 Å². The molecule has 0 saturated carbocycles. The molecule has 0 aliphatic heterocycles. The molecule has 0 bridgehead atoms. The summed E-state index contributed by atoms with van der Waals surface area (Å²) in [6.45, 7) is 0. The van der Waals surface area contributed by atoms with Gasteiger partial charge in [-0.05, 0) is 78.7 Å². The van der Waals surface area contributed by atoms with Crippen molar-refractivity contribution in [3.05, 3.63) is 193 Å². The minimum Gasteiger partial charge on any atom is -0.456 e. The number of furan rings is 1. The van der Waals surface area contributed by atoms with E-state index in [1.54, 1.807) is 0 Å². The second kappa shape index (κ2) is 12.5. The van der Waals surface area contributed by atoms with Crippen LogP contribution >= 0.6 is 0 Å². The van der Waals surface area contributed by atoms with E-state index in [9.17, 15) is 0 Å². The molecule has 6 nitrogen and oxygen atoms in total. The molecule has 0 N–H and O–H groups in total. The van der Waals surface area contributed by atoms with Gasteiger partial charge in [0.15, 0.2) is 11.6 Å². The zero-order valence-electron chi connectivity index (χ0n) is 30.7. The summed E-state index contributed by atoms with van der Waals surface area (Å²) >= 11 is 0. The molecular formula is C51H33N5O. The first kappa shape index (κ1) is 31.7. The van der Waals surface area contributed by atoms with Gasteiger partial charge in [0.25, 0.3) is 0 Å². The quantitative estimate of drug-likeness (QED) is 0.177. The fourth-order valence-electron chi connectivity index (χ4n) is 8.97. The van der Waals surface area contributed by atoms with E-state index in [2.05, 4.69) is 149 Å². The first-order valence-corrected chi connectivity index (χ1v) is 19.4. The average Bonchev–Trinajstić information content (AvgIpc) is 3.94. The SMILES string of the molecule is C1=Cc2c(c3ccccc3n2-c2ccc3c4ccccc4n(-c4ccccc4)c3c2)C(c2nc(-c3ccccc3)nc(-c3ccc4oc5ccccc5c4c3)n2)C1. The Balaban J connectivity index is 1.06. The minimum absolute atomic E-state index is 0.0988. The number of hydrogen-bond donors (Lipinski definition) is 0. The average molecular weight is 732 g/mol. The van der Waals surface area contributed by atoms with Crippen LogP contribution in [0.3, 0.4) is 0 Å². The number of benzene rings is 7. The number of allylic oxidation sites excluding steroid dienone is 1. The molecule has 11 aromatic rings. The van der Waals surface area contributed by atoms with Gasteiger partial charge in [-0.3, -0.25) is 0 Å². The lowest BCUT2D eigenvalue weighted by atomic mass is 9.88. The van der Waals surface area contributed by atoms with Crippen LogP contribution in [-0.4, -0.2) is 24.1 Å². The molecule has 1 unspecified atom stereocenters. The van der Waals surface area contributed by atoms with Crippen LogP contribution in [0.1, 0.15) is 29.4 Å². The van der Waals surface area contributed by atoms with Crippen molar-refractivity contribution in [2.24, 2.45) is 0 Å². The van der Waals surface area contributed by atoms with Crippen LogP contribution in [0.25, 0.3) is 94.9 Å². The maximum absolute atomic E-state index is 6.18. The van der Waals surface area contributed by atoms with Gasteiger partial charge in [-0.15, -0.1) is 0 Å². The predicted octanol–water partition coefficient (Wildman–Crippen LogP) is 12.7. The molecule has 57 heavy (non-hydrogen) atoms. The Morgan fingerprint density at radius 3 is 1.93 bits per heavy atom. The molecule has 12 rings (SSSR count). The summed E-state index contributed by atoms with van der Waals surface area (Å²) in [5.41, 5.74) is 11.7. The Kier molecular flexibility index (Phi) is 6.95. The van der Waals surface area contributed by atoms with Gasteiger partial charge in [0.2, 0.25) is 0 Å². The van der Waals surface area contributed by atoms with E-state index in [-0.39, 0.29) is 5.92 Å². The maximum atomic E-state index is 6.18. The molecule has 268 valence electrons. The van der Waals surface area contributed by atoms with Crippen LogP contribution in [0, 0.1) is 0 Å². The summed E-state index contributed by atoms with van der Waals surface area (Å²) < 4.78 is 11.0. The van der Waals surface area contributed by atoms with Gasteiger partial charge in [0.1, 0.15) is 17.0 Å². The van der Waals surface area contributed by atoms with E-state index in [1.165, 1.54) is 32.8 Å². The second-order valence-corrected chi connectivity index (χ2v) is 14.7. The summed E-state index contributed by atoms with van der Waals surface area (Å²) in [6, 6.07) is 59.6. The van der Waals surface area contributed by atoms with Gasteiger partial charge < -0.3 is 13.6 Å². The lowest BCUT2D eigenvalue weighted by Gasteiger charge is -2.21. The molecule has 0 amide bonds. The van der Waals surface area contributed by atoms with Crippen molar-refractivity contribution in [1.82, 2.24) is 24.1 Å². The third-order valence-electron chi connectivity index (χ3n) is 11.5. The highest BCUT2D eigenvalue weighted by atomic mass is 16.3. The van der Waals surface area contributed by atoms with Crippen molar-refractivity contribution in [2.45, 2.75) is 12.3 Å². The highest BCUT2D eigenvalue weighted by Gasteiger charge is 2.30. The highest BCUT2D eigenvalue weighted by Crippen LogP contribution is 2.44. The molecule has 4 heterocycles. The van der Waals surface area contributed by atoms with Gasteiger partial charge in [-0.2, -0.15) is 0 Å². The normalized spacial score (nSPS) is 14.0. The third kappa shape index (κ3) is 4.94. The maximum Gasteiger partial charge on any atom is 0.163 e. The highest BCUT2D eigenvalue weighted by molar-refractivity contribution is 6.10. The largest absolute Gasteiger partial charge is 0.456 e. The molecule has 0 radical (unpaired) electrons. The monoisotopic (exact) mass is 731 g/mol. The lowest BCUT2D eigenvalue weighted by Crippen LogP contribution is -2.12. The summed E-state index contributed by atoms with van der Waals surface area (Å²) in [4.78, 5) is 15.7. The molecule has 7 aromatic carbocycles. The Hall–Kier alpha value is -7.57. The van der Waals surface area contributed by atoms with Crippen LogP contribution in [-0.2, 0) is 0 Å². The fraction of sp³-hybridized carbons (Fsp3) is 0.0392. The van der Waals surface area contributed by atoms with Crippen LogP contribution < -0.4 is 0 Å². The van der Waals surface area contributed by atoms with Crippen molar-refractivity contribution in [3.63, 3.8) is 0 Å². The molecule has 1 aliphatic rings. The molecule has 0 spiro atoms. The fourth-order valence-corrected chi connectivity index (χ4v) is 8.97. The number of hydrogen-bond acceptors (Lipinski definition) is 4. The number of fused-ring (bicyclic) bond motifs is 9. The Labute approximate surface area is 327 Å². The van der Waals surface area contributed by atoms with Crippen LogP contribution in [0.5, 0.6) is 0 Å². The van der Waals surface area contributed by atoms with Crippen molar-refractivity contribution in [3.8, 4) is 34.2 Å². The van der Waals surface area contributed by atoms with Crippen molar-refractivity contribution in [1.29, 1.82) is 0 Å². The summed E-state index contributed by atoms with van der Waals surface area (Å²) in [5.74, 6) is 1.96. The molecular weight excluding hydrogens is 699 g/mol. The van der Waals surface area contributed by atoms with E-state index in [0.717, 1.165) is 67.9 Å². The zero-order chi connectivity index (χ0) is 37.5. The number of aromatic nitrogens is 5. The zero-order valence-corrected chi connectivity index (χ0v) is 30.7. The van der Waals surface area contributed by atoms with E-state index in [1.807, 2.05) is 42.5 Å². The number of rotatable bonds is 5. The predicted molar refractivity (Wildman–Crippen MR) is 231 cm³/mol. The first-order chi connectivity index (χ1) is 28.3. The first-order valence-electron chi connectivity index (χ1n) is 19.4. The van der Waals surface area contributed by atoms with Gasteiger partial charge in [0.05, 0.1) is 28.2 Å².